The van der Waals surface area contributed by atoms with Gasteiger partial charge in [0.15, 0.2) is 5.58 Å². The molecule has 0 aliphatic carbocycles. The Bertz CT molecular complexity index is 988. The molecule has 1 fully saturated rings. The summed E-state index contributed by atoms with van der Waals surface area (Å²) in [6, 6.07) is 9.99. The van der Waals surface area contributed by atoms with Crippen molar-refractivity contribution in [3.63, 3.8) is 0 Å². The highest BCUT2D eigenvalue weighted by Crippen LogP contribution is 2.24. The molecule has 4 rings (SSSR count). The van der Waals surface area contributed by atoms with Gasteiger partial charge in [-0.1, -0.05) is 23.2 Å². The molecule has 3 aromatic rings. The molecule has 7 heteroatoms. The van der Waals surface area contributed by atoms with Crippen LogP contribution in [0.3, 0.4) is 0 Å². The smallest absolute Gasteiger partial charge is 0.295 e. The molecular formula is C19H17ClFN3O2. The average Bonchev–Trinajstić information content (AvgIpc) is 3.22. The Labute approximate surface area is 154 Å². The van der Waals surface area contributed by atoms with Gasteiger partial charge in [0.05, 0.1) is 10.6 Å². The Morgan fingerprint density at radius 2 is 2.19 bits per heavy atom. The van der Waals surface area contributed by atoms with E-state index in [2.05, 4.69) is 10.3 Å². The third kappa shape index (κ3) is 3.24. The molecular weight excluding hydrogens is 357 g/mol. The normalized spacial score (nSPS) is 17.0. The number of amides is 1. The molecule has 1 aliphatic rings. The van der Waals surface area contributed by atoms with Gasteiger partial charge in [0.25, 0.3) is 11.9 Å². The number of likely N-dealkylation sites (tertiary alicyclic amines) is 1. The zero-order valence-electron chi connectivity index (χ0n) is 14.1. The van der Waals surface area contributed by atoms with Crippen molar-refractivity contribution in [2.75, 3.05) is 18.4 Å². The summed E-state index contributed by atoms with van der Waals surface area (Å²) < 4.78 is 18.8. The van der Waals surface area contributed by atoms with Crippen LogP contribution in [0.4, 0.5) is 10.4 Å². The number of nitrogens with one attached hydrogen (secondary N) is 1. The first-order valence-corrected chi connectivity index (χ1v) is 8.75. The van der Waals surface area contributed by atoms with E-state index >= 15 is 0 Å². The molecule has 0 bridgehead atoms. The number of anilines is 1. The summed E-state index contributed by atoms with van der Waals surface area (Å²) in [6.45, 7) is 3.07. The van der Waals surface area contributed by atoms with Crippen LogP contribution in [0.2, 0.25) is 5.02 Å². The van der Waals surface area contributed by atoms with E-state index < -0.39 is 0 Å². The fourth-order valence-corrected chi connectivity index (χ4v) is 3.37. The Balaban J connectivity index is 1.46. The van der Waals surface area contributed by atoms with Gasteiger partial charge in [0.2, 0.25) is 0 Å². The van der Waals surface area contributed by atoms with E-state index in [9.17, 15) is 9.18 Å². The standard InChI is InChI=1S/C19H17ClFN3O2/c1-11-2-4-15(20)14(8-11)18(25)24-7-6-13(10-24)22-19-23-16-5-3-12(21)9-17(16)26-19/h2-5,8-9,13H,6-7,10H2,1H3,(H,22,23). The molecule has 134 valence electrons. The van der Waals surface area contributed by atoms with Crippen molar-refractivity contribution in [2.45, 2.75) is 19.4 Å². The van der Waals surface area contributed by atoms with Crippen LogP contribution in [0, 0.1) is 12.7 Å². The molecule has 1 aliphatic heterocycles. The van der Waals surface area contributed by atoms with Crippen LogP contribution >= 0.6 is 11.6 Å². The molecule has 1 N–H and O–H groups in total. The maximum absolute atomic E-state index is 13.2. The van der Waals surface area contributed by atoms with Crippen molar-refractivity contribution in [2.24, 2.45) is 0 Å². The zero-order chi connectivity index (χ0) is 18.3. The Morgan fingerprint density at radius 1 is 1.35 bits per heavy atom. The molecule has 1 unspecified atom stereocenters. The number of carbonyl (C=O) groups excluding carboxylic acids is 1. The molecule has 1 amide bonds. The third-order valence-electron chi connectivity index (χ3n) is 4.51. The third-order valence-corrected chi connectivity index (χ3v) is 4.84. The molecule has 0 radical (unpaired) electrons. The largest absolute Gasteiger partial charge is 0.423 e. The summed E-state index contributed by atoms with van der Waals surface area (Å²) >= 11 is 6.17. The van der Waals surface area contributed by atoms with Gasteiger partial charge in [-0.3, -0.25) is 4.79 Å². The SMILES string of the molecule is Cc1ccc(Cl)c(C(=O)N2CCC(Nc3nc4ccc(F)cc4o3)C2)c1. The summed E-state index contributed by atoms with van der Waals surface area (Å²) in [5.41, 5.74) is 2.49. The molecule has 1 atom stereocenters. The van der Waals surface area contributed by atoms with Gasteiger partial charge in [0, 0.05) is 25.2 Å². The summed E-state index contributed by atoms with van der Waals surface area (Å²) in [6.07, 6.45) is 0.766. The number of fused-ring (bicyclic) bond motifs is 1. The van der Waals surface area contributed by atoms with Crippen LogP contribution in [0.1, 0.15) is 22.3 Å². The number of hydrogen-bond acceptors (Lipinski definition) is 4. The maximum atomic E-state index is 13.2. The van der Waals surface area contributed by atoms with Crippen LogP contribution in [0.25, 0.3) is 11.1 Å². The minimum absolute atomic E-state index is 0.0143. The molecule has 1 saturated heterocycles. The van der Waals surface area contributed by atoms with Crippen molar-refractivity contribution in [1.82, 2.24) is 9.88 Å². The zero-order valence-corrected chi connectivity index (χ0v) is 14.9. The van der Waals surface area contributed by atoms with Crippen molar-refractivity contribution < 1.29 is 13.6 Å². The van der Waals surface area contributed by atoms with Gasteiger partial charge < -0.3 is 14.6 Å². The number of nitrogens with zero attached hydrogens (tertiary/aromatic N) is 2. The minimum Gasteiger partial charge on any atom is -0.423 e. The molecule has 0 spiro atoms. The number of oxazole rings is 1. The quantitative estimate of drug-likeness (QED) is 0.745. The lowest BCUT2D eigenvalue weighted by molar-refractivity contribution is 0.0791. The lowest BCUT2D eigenvalue weighted by Gasteiger charge is -2.17. The molecule has 26 heavy (non-hydrogen) atoms. The first-order valence-electron chi connectivity index (χ1n) is 8.37. The van der Waals surface area contributed by atoms with Crippen molar-refractivity contribution in [1.29, 1.82) is 0 Å². The highest BCUT2D eigenvalue weighted by molar-refractivity contribution is 6.33. The highest BCUT2D eigenvalue weighted by Gasteiger charge is 2.29. The van der Waals surface area contributed by atoms with Gasteiger partial charge in [-0.2, -0.15) is 4.98 Å². The maximum Gasteiger partial charge on any atom is 0.295 e. The fourth-order valence-electron chi connectivity index (χ4n) is 3.17. The van der Waals surface area contributed by atoms with Gasteiger partial charge in [0.1, 0.15) is 11.3 Å². The summed E-state index contributed by atoms with van der Waals surface area (Å²) in [7, 11) is 0. The van der Waals surface area contributed by atoms with E-state index in [1.165, 1.54) is 12.1 Å². The second-order valence-corrected chi connectivity index (χ2v) is 6.90. The number of hydrogen-bond donors (Lipinski definition) is 1. The van der Waals surface area contributed by atoms with E-state index in [4.69, 9.17) is 16.0 Å². The van der Waals surface area contributed by atoms with Gasteiger partial charge in [-0.05, 0) is 37.6 Å². The molecule has 0 saturated carbocycles. The number of aromatic nitrogens is 1. The first-order chi connectivity index (χ1) is 12.5. The molecule has 2 heterocycles. The van der Waals surface area contributed by atoms with Crippen molar-refractivity contribution in [3.05, 3.63) is 58.4 Å². The second-order valence-electron chi connectivity index (χ2n) is 6.50. The second kappa shape index (κ2) is 6.61. The predicted octanol–water partition coefficient (Wildman–Crippen LogP) is 4.26. The lowest BCUT2D eigenvalue weighted by Crippen LogP contribution is -2.31. The van der Waals surface area contributed by atoms with Gasteiger partial charge in [-0.15, -0.1) is 0 Å². The molecule has 2 aromatic carbocycles. The average molecular weight is 374 g/mol. The van der Waals surface area contributed by atoms with E-state index in [-0.39, 0.29) is 17.8 Å². The Morgan fingerprint density at radius 3 is 3.04 bits per heavy atom. The number of halogens is 2. The van der Waals surface area contributed by atoms with E-state index in [1.807, 2.05) is 13.0 Å². The van der Waals surface area contributed by atoms with Gasteiger partial charge >= 0.3 is 0 Å². The van der Waals surface area contributed by atoms with Crippen molar-refractivity contribution >= 4 is 34.6 Å². The summed E-state index contributed by atoms with van der Waals surface area (Å²) in [5.74, 6) is -0.449. The minimum atomic E-state index is -0.368. The fraction of sp³-hybridized carbons (Fsp3) is 0.263. The van der Waals surface area contributed by atoms with Crippen LogP contribution < -0.4 is 5.32 Å². The number of benzene rings is 2. The van der Waals surface area contributed by atoms with E-state index in [0.717, 1.165) is 12.0 Å². The van der Waals surface area contributed by atoms with Crippen LogP contribution in [0.5, 0.6) is 0 Å². The molecule has 1 aromatic heterocycles. The van der Waals surface area contributed by atoms with Crippen LogP contribution in [-0.4, -0.2) is 34.9 Å². The van der Waals surface area contributed by atoms with Crippen LogP contribution in [-0.2, 0) is 0 Å². The Kier molecular flexibility index (Phi) is 4.28. The van der Waals surface area contributed by atoms with Crippen LogP contribution in [0.15, 0.2) is 40.8 Å². The molecule has 5 nitrogen and oxygen atoms in total. The highest BCUT2D eigenvalue weighted by atomic mass is 35.5. The lowest BCUT2D eigenvalue weighted by atomic mass is 10.1. The van der Waals surface area contributed by atoms with Gasteiger partial charge in [-0.25, -0.2) is 4.39 Å². The number of aryl methyl sites for hydroxylation is 1. The van der Waals surface area contributed by atoms with Crippen molar-refractivity contribution in [3.8, 4) is 0 Å². The number of carbonyl (C=O) groups is 1. The topological polar surface area (TPSA) is 58.4 Å². The first kappa shape index (κ1) is 16.8. The van der Waals surface area contributed by atoms with E-state index in [0.29, 0.717) is 40.8 Å². The summed E-state index contributed by atoms with van der Waals surface area (Å²) in [5, 5.41) is 3.64. The number of rotatable bonds is 3. The van der Waals surface area contributed by atoms with E-state index in [1.54, 1.807) is 23.1 Å². The Hall–Kier alpha value is -2.60. The monoisotopic (exact) mass is 373 g/mol. The predicted molar refractivity (Wildman–Crippen MR) is 98.1 cm³/mol. The summed E-state index contributed by atoms with van der Waals surface area (Å²) in [4.78, 5) is 18.8.